The molecule has 1 N–H and O–H groups in total. The second kappa shape index (κ2) is 6.86. The number of benzene rings is 2. The second-order valence-electron chi connectivity index (χ2n) is 5.51. The Labute approximate surface area is 162 Å². The standard InChI is InChI=1S/C18H11ClN2O3S2/c19-13-6-4-11(5-7-13)8-16-17(22)20-15(10-25-18(20)26-16)12-2-1-3-14(9-12)21(23)24/h1-10,23H/b16-8-. The molecular formula is C18H11ClN2O3S2. The molecule has 0 atom stereocenters. The molecular weight excluding hydrogens is 392 g/mol. The van der Waals surface area contributed by atoms with Gasteiger partial charge in [0.05, 0.1) is 11.1 Å². The van der Waals surface area contributed by atoms with E-state index in [-0.39, 0.29) is 16.8 Å². The Bertz CT molecular complexity index is 1030. The molecule has 0 aliphatic carbocycles. The number of carbonyl (C=O) groups is 1. The molecule has 3 aromatic rings. The Morgan fingerprint density at radius 3 is 2.69 bits per heavy atom. The number of anilines is 1. The van der Waals surface area contributed by atoms with E-state index in [1.165, 1.54) is 29.2 Å². The molecule has 4 rings (SSSR count). The number of carbonyl (C=O) groups excluding carboxylic acids is 1. The summed E-state index contributed by atoms with van der Waals surface area (Å²) in [5.41, 5.74) is 2.37. The molecule has 8 heteroatoms. The van der Waals surface area contributed by atoms with Crippen molar-refractivity contribution in [2.45, 2.75) is 4.34 Å². The highest BCUT2D eigenvalue weighted by molar-refractivity contribution is 8.05. The van der Waals surface area contributed by atoms with E-state index in [2.05, 4.69) is 0 Å². The quantitative estimate of drug-likeness (QED) is 0.386. The van der Waals surface area contributed by atoms with Gasteiger partial charge in [-0.05, 0) is 42.0 Å². The largest absolute Gasteiger partial charge is 0.733 e. The molecule has 0 amide bonds. The predicted molar refractivity (Wildman–Crippen MR) is 103 cm³/mol. The zero-order chi connectivity index (χ0) is 18.3. The molecule has 0 radical (unpaired) electrons. The molecule has 0 unspecified atom stereocenters. The first-order chi connectivity index (χ1) is 12.5. The van der Waals surface area contributed by atoms with E-state index in [1.54, 1.807) is 34.9 Å². The van der Waals surface area contributed by atoms with E-state index in [1.807, 2.05) is 23.6 Å². The van der Waals surface area contributed by atoms with Crippen molar-refractivity contribution in [2.24, 2.45) is 0 Å². The van der Waals surface area contributed by atoms with Gasteiger partial charge in [0.1, 0.15) is 4.91 Å². The van der Waals surface area contributed by atoms with E-state index < -0.39 is 0 Å². The lowest BCUT2D eigenvalue weighted by atomic mass is 10.1. The topological polar surface area (TPSA) is 67.5 Å². The minimum absolute atomic E-state index is 0.109. The van der Waals surface area contributed by atoms with Crippen LogP contribution in [0.3, 0.4) is 0 Å². The Morgan fingerprint density at radius 1 is 1.19 bits per heavy atom. The maximum atomic E-state index is 12.9. The number of aromatic nitrogens is 1. The van der Waals surface area contributed by atoms with Crippen LogP contribution in [-0.4, -0.2) is 11.1 Å². The Morgan fingerprint density at radius 2 is 1.96 bits per heavy atom. The molecule has 0 saturated carbocycles. The first-order valence-corrected chi connectivity index (χ1v) is 9.60. The van der Waals surface area contributed by atoms with E-state index in [0.29, 0.717) is 21.2 Å². The van der Waals surface area contributed by atoms with Crippen molar-refractivity contribution in [1.82, 2.24) is 0 Å². The van der Waals surface area contributed by atoms with Crippen LogP contribution in [-0.2, 0) is 0 Å². The number of hydrogen-bond acceptors (Lipinski definition) is 6. The van der Waals surface area contributed by atoms with Crippen LogP contribution in [0.25, 0.3) is 17.3 Å². The van der Waals surface area contributed by atoms with Crippen molar-refractivity contribution < 1.29 is 14.6 Å². The van der Waals surface area contributed by atoms with E-state index in [4.69, 9.17) is 16.8 Å². The highest BCUT2D eigenvalue weighted by atomic mass is 35.5. The fourth-order valence-electron chi connectivity index (χ4n) is 2.60. The summed E-state index contributed by atoms with van der Waals surface area (Å²) >= 11 is 8.76. The molecule has 0 spiro atoms. The first kappa shape index (κ1) is 17.3. The fraction of sp³-hybridized carbons (Fsp3) is 0. The normalized spacial score (nSPS) is 14.7. The first-order valence-electron chi connectivity index (χ1n) is 7.53. The van der Waals surface area contributed by atoms with Crippen molar-refractivity contribution in [1.29, 1.82) is 0 Å². The van der Waals surface area contributed by atoms with Crippen LogP contribution in [0.15, 0.2) is 63.2 Å². The smallest absolute Gasteiger partial charge is 0.433 e. The van der Waals surface area contributed by atoms with Gasteiger partial charge in [0, 0.05) is 22.3 Å². The lowest BCUT2D eigenvalue weighted by molar-refractivity contribution is -0.588. The SMILES string of the molecule is O=C1/C(=C/c2ccc(Cl)cc2)Sc2scc(-c3cccc(N([O-])O)c3)[n+]21. The molecule has 130 valence electrons. The number of rotatable bonds is 3. The third-order valence-electron chi connectivity index (χ3n) is 3.84. The molecule has 0 fully saturated rings. The maximum absolute atomic E-state index is 12.9. The minimum atomic E-state index is -0.191. The van der Waals surface area contributed by atoms with Crippen LogP contribution < -0.4 is 9.79 Å². The zero-order valence-corrected chi connectivity index (χ0v) is 15.5. The summed E-state index contributed by atoms with van der Waals surface area (Å²) in [7, 11) is 0. The number of thioether (sulfide) groups is 1. The molecule has 2 aromatic carbocycles. The molecule has 1 aliphatic heterocycles. The van der Waals surface area contributed by atoms with Crippen LogP contribution in [0.5, 0.6) is 0 Å². The fourth-order valence-corrected chi connectivity index (χ4v) is 4.91. The van der Waals surface area contributed by atoms with Gasteiger partial charge in [-0.3, -0.25) is 5.21 Å². The van der Waals surface area contributed by atoms with Crippen molar-refractivity contribution in [3.05, 3.63) is 74.6 Å². The van der Waals surface area contributed by atoms with Gasteiger partial charge in [-0.2, -0.15) is 0 Å². The predicted octanol–water partition coefficient (Wildman–Crippen LogP) is 4.84. The van der Waals surface area contributed by atoms with Gasteiger partial charge in [-0.25, -0.2) is 4.79 Å². The number of allylic oxidation sites excluding steroid dienone is 1. The summed E-state index contributed by atoms with van der Waals surface area (Å²) in [5.74, 6) is -0.121. The monoisotopic (exact) mass is 402 g/mol. The number of fused-ring (bicyclic) bond motifs is 1. The van der Waals surface area contributed by atoms with E-state index in [9.17, 15) is 10.0 Å². The molecule has 26 heavy (non-hydrogen) atoms. The highest BCUT2D eigenvalue weighted by Gasteiger charge is 2.40. The van der Waals surface area contributed by atoms with Gasteiger partial charge >= 0.3 is 10.2 Å². The molecule has 0 bridgehead atoms. The van der Waals surface area contributed by atoms with Crippen LogP contribution in [0.4, 0.5) is 5.69 Å². The van der Waals surface area contributed by atoms with Gasteiger partial charge < -0.3 is 10.4 Å². The minimum Gasteiger partial charge on any atom is -0.733 e. The summed E-state index contributed by atoms with van der Waals surface area (Å²) in [6, 6.07) is 13.8. The van der Waals surface area contributed by atoms with Crippen molar-refractivity contribution in [2.75, 3.05) is 5.23 Å². The van der Waals surface area contributed by atoms with Crippen molar-refractivity contribution in [3.63, 3.8) is 0 Å². The molecule has 1 aromatic heterocycles. The van der Waals surface area contributed by atoms with E-state index in [0.717, 1.165) is 9.90 Å². The van der Waals surface area contributed by atoms with Gasteiger partial charge in [0.15, 0.2) is 0 Å². The maximum Gasteiger partial charge on any atom is 0.433 e. The van der Waals surface area contributed by atoms with Crippen molar-refractivity contribution in [3.8, 4) is 11.3 Å². The summed E-state index contributed by atoms with van der Waals surface area (Å²) in [6.07, 6.45) is 1.83. The molecule has 5 nitrogen and oxygen atoms in total. The third-order valence-corrected chi connectivity index (χ3v) is 6.22. The zero-order valence-electron chi connectivity index (χ0n) is 13.1. The molecule has 2 heterocycles. The van der Waals surface area contributed by atoms with Crippen LogP contribution in [0.1, 0.15) is 10.4 Å². The summed E-state index contributed by atoms with van der Waals surface area (Å²) < 4.78 is 2.47. The Kier molecular flexibility index (Phi) is 4.56. The molecule has 1 aliphatic rings. The third kappa shape index (κ3) is 3.15. The number of halogens is 1. The average Bonchev–Trinajstić information content (AvgIpc) is 3.18. The van der Waals surface area contributed by atoms with Gasteiger partial charge in [0.2, 0.25) is 5.69 Å². The van der Waals surface area contributed by atoms with Gasteiger partial charge in [-0.1, -0.05) is 41.1 Å². The highest BCUT2D eigenvalue weighted by Crippen LogP contribution is 2.38. The summed E-state index contributed by atoms with van der Waals surface area (Å²) in [5, 5.41) is 22.5. The Hall–Kier alpha value is -2.16. The lowest BCUT2D eigenvalue weighted by Gasteiger charge is -2.21. The number of thiazole rings is 1. The van der Waals surface area contributed by atoms with Crippen LogP contribution >= 0.6 is 34.7 Å². The lowest BCUT2D eigenvalue weighted by Crippen LogP contribution is -2.40. The second-order valence-corrected chi connectivity index (χ2v) is 8.10. The van der Waals surface area contributed by atoms with E-state index >= 15 is 0 Å². The van der Waals surface area contributed by atoms with Crippen LogP contribution in [0.2, 0.25) is 5.02 Å². The van der Waals surface area contributed by atoms with Gasteiger partial charge in [-0.15, -0.1) is 4.57 Å². The Balaban J connectivity index is 1.71. The molecule has 0 saturated heterocycles. The average molecular weight is 403 g/mol. The van der Waals surface area contributed by atoms with Crippen LogP contribution in [0, 0.1) is 5.21 Å². The number of nitrogens with zero attached hydrogens (tertiary/aromatic N) is 2. The summed E-state index contributed by atoms with van der Waals surface area (Å²) in [4.78, 5) is 13.5. The van der Waals surface area contributed by atoms with Gasteiger partial charge in [0.25, 0.3) is 0 Å². The summed E-state index contributed by atoms with van der Waals surface area (Å²) in [6.45, 7) is 0. The number of hydrogen-bond donors (Lipinski definition) is 1. The van der Waals surface area contributed by atoms with Crippen molar-refractivity contribution >= 4 is 52.4 Å².